The van der Waals surface area contributed by atoms with Crippen molar-refractivity contribution < 1.29 is 22.7 Å². The predicted molar refractivity (Wildman–Crippen MR) is 77.6 cm³/mol. The van der Waals surface area contributed by atoms with Gasteiger partial charge in [0.25, 0.3) is 0 Å². The van der Waals surface area contributed by atoms with Gasteiger partial charge in [-0.05, 0) is 62.1 Å². The van der Waals surface area contributed by atoms with Gasteiger partial charge in [-0.15, -0.1) is 0 Å². The van der Waals surface area contributed by atoms with Crippen LogP contribution in [-0.4, -0.2) is 12.6 Å². The van der Waals surface area contributed by atoms with Crippen molar-refractivity contribution in [3.63, 3.8) is 0 Å². The minimum atomic E-state index is -4.28. The van der Waals surface area contributed by atoms with Crippen molar-refractivity contribution in [2.75, 3.05) is 6.61 Å². The van der Waals surface area contributed by atoms with E-state index in [0.717, 1.165) is 24.8 Å². The third kappa shape index (κ3) is 4.75. The van der Waals surface area contributed by atoms with Crippen LogP contribution in [0.25, 0.3) is 0 Å². The molecule has 2 nitrogen and oxygen atoms in total. The second-order valence-corrected chi connectivity index (χ2v) is 5.71. The van der Waals surface area contributed by atoms with E-state index in [-0.39, 0.29) is 11.9 Å². The first kappa shape index (κ1) is 16.8. The summed E-state index contributed by atoms with van der Waals surface area (Å²) in [7, 11) is 0. The van der Waals surface area contributed by atoms with Crippen LogP contribution in [0.3, 0.4) is 0 Å². The van der Waals surface area contributed by atoms with Gasteiger partial charge in [0.15, 0.2) is 0 Å². The molecule has 0 spiro atoms. The molecule has 1 aromatic carbocycles. The fourth-order valence-electron chi connectivity index (χ4n) is 2.59. The maximum absolute atomic E-state index is 13.0. The largest absolute Gasteiger partial charge is 0.466 e. The molecule has 2 rings (SSSR count). The molecule has 122 valence electrons. The minimum absolute atomic E-state index is 0.0658. The number of carbonyl (C=O) groups is 1. The van der Waals surface area contributed by atoms with Crippen molar-refractivity contribution in [2.45, 2.75) is 57.5 Å². The monoisotopic (exact) mass is 314 g/mol. The number of aryl methyl sites for hydroxylation is 1. The molecule has 0 saturated heterocycles. The van der Waals surface area contributed by atoms with Crippen LogP contribution < -0.4 is 0 Å². The number of rotatable bonds is 7. The van der Waals surface area contributed by atoms with Gasteiger partial charge in [-0.1, -0.05) is 12.1 Å². The molecule has 0 N–H and O–H groups in total. The van der Waals surface area contributed by atoms with E-state index in [0.29, 0.717) is 31.4 Å². The van der Waals surface area contributed by atoms with Gasteiger partial charge >= 0.3 is 12.1 Å². The summed E-state index contributed by atoms with van der Waals surface area (Å²) in [5.74, 6) is -0.148. The van der Waals surface area contributed by atoms with Crippen LogP contribution >= 0.6 is 0 Å². The summed E-state index contributed by atoms with van der Waals surface area (Å²) in [5, 5.41) is 0. The van der Waals surface area contributed by atoms with Crippen molar-refractivity contribution in [3.05, 3.63) is 34.9 Å². The van der Waals surface area contributed by atoms with Gasteiger partial charge in [0.1, 0.15) is 0 Å². The van der Waals surface area contributed by atoms with Crippen molar-refractivity contribution in [2.24, 2.45) is 0 Å². The molecule has 0 bridgehead atoms. The van der Waals surface area contributed by atoms with Gasteiger partial charge in [0.05, 0.1) is 12.2 Å². The molecule has 0 radical (unpaired) electrons. The van der Waals surface area contributed by atoms with Crippen LogP contribution in [0.5, 0.6) is 0 Å². The molecule has 0 aromatic heterocycles. The van der Waals surface area contributed by atoms with E-state index >= 15 is 0 Å². The van der Waals surface area contributed by atoms with E-state index in [9.17, 15) is 18.0 Å². The van der Waals surface area contributed by atoms with Gasteiger partial charge < -0.3 is 4.74 Å². The Balaban J connectivity index is 1.92. The first-order chi connectivity index (χ1) is 10.4. The summed E-state index contributed by atoms with van der Waals surface area (Å²) in [6.45, 7) is 2.14. The normalized spacial score (nSPS) is 14.9. The molecule has 1 aromatic rings. The predicted octanol–water partition coefficient (Wildman–Crippen LogP) is 4.86. The quantitative estimate of drug-likeness (QED) is 0.531. The average molecular weight is 314 g/mol. The summed E-state index contributed by atoms with van der Waals surface area (Å²) in [5.41, 5.74) is 0.861. The zero-order valence-electron chi connectivity index (χ0n) is 12.7. The molecule has 1 saturated carbocycles. The second-order valence-electron chi connectivity index (χ2n) is 5.71. The van der Waals surface area contributed by atoms with E-state index in [4.69, 9.17) is 4.74 Å². The Bertz CT molecular complexity index is 519. The van der Waals surface area contributed by atoms with Crippen LogP contribution in [-0.2, 0) is 22.1 Å². The van der Waals surface area contributed by atoms with Gasteiger partial charge in [-0.25, -0.2) is 0 Å². The van der Waals surface area contributed by atoms with Crippen molar-refractivity contribution in [3.8, 4) is 0 Å². The summed E-state index contributed by atoms with van der Waals surface area (Å²) in [4.78, 5) is 11.2. The standard InChI is InChI=1S/C17H21F3O2/c1-2-22-16(21)6-4-3-5-12-7-10-15(17(18,19)20)14(11-12)13-8-9-13/h7,10-11,13H,2-6,8-9H2,1H3. The molecule has 1 aliphatic carbocycles. The zero-order chi connectivity index (χ0) is 16.2. The summed E-state index contributed by atoms with van der Waals surface area (Å²) >= 11 is 0. The van der Waals surface area contributed by atoms with E-state index in [1.54, 1.807) is 19.1 Å². The lowest BCUT2D eigenvalue weighted by atomic mass is 9.97. The maximum atomic E-state index is 13.0. The summed E-state index contributed by atoms with van der Waals surface area (Å²) in [6.07, 6.45) is -0.0702. The second kappa shape index (κ2) is 7.16. The Hall–Kier alpha value is -1.52. The van der Waals surface area contributed by atoms with E-state index < -0.39 is 11.7 Å². The van der Waals surface area contributed by atoms with Crippen LogP contribution in [0.1, 0.15) is 61.6 Å². The highest BCUT2D eigenvalue weighted by Gasteiger charge is 2.38. The first-order valence-electron chi connectivity index (χ1n) is 7.77. The maximum Gasteiger partial charge on any atom is 0.416 e. The molecular weight excluding hydrogens is 293 g/mol. The molecule has 1 fully saturated rings. The summed E-state index contributed by atoms with van der Waals surface area (Å²) < 4.78 is 43.8. The lowest BCUT2D eigenvalue weighted by molar-refractivity contribution is -0.143. The SMILES string of the molecule is CCOC(=O)CCCCc1ccc(C(F)(F)F)c(C2CC2)c1. The fourth-order valence-corrected chi connectivity index (χ4v) is 2.59. The number of ether oxygens (including phenoxy) is 1. The number of benzene rings is 1. The Morgan fingerprint density at radius 3 is 2.59 bits per heavy atom. The van der Waals surface area contributed by atoms with Crippen molar-refractivity contribution in [1.29, 1.82) is 0 Å². The first-order valence-corrected chi connectivity index (χ1v) is 7.77. The highest BCUT2D eigenvalue weighted by Crippen LogP contribution is 2.46. The van der Waals surface area contributed by atoms with E-state index in [1.807, 2.05) is 0 Å². The van der Waals surface area contributed by atoms with Crippen molar-refractivity contribution in [1.82, 2.24) is 0 Å². The van der Waals surface area contributed by atoms with Crippen LogP contribution in [0.15, 0.2) is 18.2 Å². The topological polar surface area (TPSA) is 26.3 Å². The van der Waals surface area contributed by atoms with Crippen LogP contribution in [0.2, 0.25) is 0 Å². The molecule has 1 aliphatic rings. The average Bonchev–Trinajstić information content (AvgIpc) is 3.27. The van der Waals surface area contributed by atoms with Gasteiger partial charge in [-0.3, -0.25) is 4.79 Å². The number of carbonyl (C=O) groups excluding carboxylic acids is 1. The third-order valence-electron chi connectivity index (χ3n) is 3.84. The molecular formula is C17H21F3O2. The number of esters is 1. The minimum Gasteiger partial charge on any atom is -0.466 e. The van der Waals surface area contributed by atoms with Gasteiger partial charge in [0.2, 0.25) is 0 Å². The van der Waals surface area contributed by atoms with Gasteiger partial charge in [-0.2, -0.15) is 13.2 Å². The lowest BCUT2D eigenvalue weighted by Crippen LogP contribution is -2.09. The number of hydrogen-bond acceptors (Lipinski definition) is 2. The van der Waals surface area contributed by atoms with E-state index in [1.165, 1.54) is 6.07 Å². The Morgan fingerprint density at radius 1 is 1.27 bits per heavy atom. The summed E-state index contributed by atoms with van der Waals surface area (Å²) in [6, 6.07) is 4.46. The molecule has 0 amide bonds. The Kier molecular flexibility index (Phi) is 5.48. The Morgan fingerprint density at radius 2 is 2.00 bits per heavy atom. The van der Waals surface area contributed by atoms with E-state index in [2.05, 4.69) is 0 Å². The highest BCUT2D eigenvalue weighted by molar-refractivity contribution is 5.69. The third-order valence-corrected chi connectivity index (χ3v) is 3.84. The molecule has 0 heterocycles. The van der Waals surface area contributed by atoms with Crippen molar-refractivity contribution >= 4 is 5.97 Å². The Labute approximate surface area is 128 Å². The number of alkyl halides is 3. The number of halogens is 3. The smallest absolute Gasteiger partial charge is 0.416 e. The molecule has 0 unspecified atom stereocenters. The molecule has 5 heteroatoms. The molecule has 0 aliphatic heterocycles. The zero-order valence-corrected chi connectivity index (χ0v) is 12.7. The van der Waals surface area contributed by atoms with Crippen LogP contribution in [0, 0.1) is 0 Å². The van der Waals surface area contributed by atoms with Gasteiger partial charge in [0, 0.05) is 6.42 Å². The van der Waals surface area contributed by atoms with Crippen LogP contribution in [0.4, 0.5) is 13.2 Å². The fraction of sp³-hybridized carbons (Fsp3) is 0.588. The molecule has 22 heavy (non-hydrogen) atoms. The number of hydrogen-bond donors (Lipinski definition) is 0. The molecule has 0 atom stereocenters. The highest BCUT2D eigenvalue weighted by atomic mass is 19.4. The lowest BCUT2D eigenvalue weighted by Gasteiger charge is -2.14. The number of unbranched alkanes of at least 4 members (excludes halogenated alkanes) is 1.